The van der Waals surface area contributed by atoms with Crippen molar-refractivity contribution in [3.63, 3.8) is 0 Å². The molecule has 1 aliphatic rings. The van der Waals surface area contributed by atoms with Crippen LogP contribution in [0.15, 0.2) is 24.3 Å². The second kappa shape index (κ2) is 5.03. The maximum atomic E-state index is 13.6. The predicted molar refractivity (Wildman–Crippen MR) is 70.6 cm³/mol. The van der Waals surface area contributed by atoms with Crippen LogP contribution in [-0.2, 0) is 6.54 Å². The van der Waals surface area contributed by atoms with Gasteiger partial charge in [-0.2, -0.15) is 0 Å². The number of carbonyl (C=O) groups excluding carboxylic acids is 1. The highest BCUT2D eigenvalue weighted by Gasteiger charge is 2.28. The van der Waals surface area contributed by atoms with E-state index in [1.54, 1.807) is 25.2 Å². The van der Waals surface area contributed by atoms with Gasteiger partial charge in [0.2, 0.25) is 5.82 Å². The van der Waals surface area contributed by atoms with Crippen LogP contribution < -0.4 is 0 Å². The molecule has 1 aromatic heterocycles. The lowest BCUT2D eigenvalue weighted by Crippen LogP contribution is -2.27. The van der Waals surface area contributed by atoms with Crippen LogP contribution in [0.4, 0.5) is 4.39 Å². The van der Waals surface area contributed by atoms with Crippen molar-refractivity contribution in [2.45, 2.75) is 25.3 Å². The minimum Gasteiger partial charge on any atom is -0.334 e. The fourth-order valence-corrected chi connectivity index (χ4v) is 2.03. The molecule has 1 amide bonds. The van der Waals surface area contributed by atoms with Crippen LogP contribution in [0.5, 0.6) is 0 Å². The first kappa shape index (κ1) is 12.8. The van der Waals surface area contributed by atoms with Crippen LogP contribution in [0.3, 0.4) is 0 Å². The van der Waals surface area contributed by atoms with Gasteiger partial charge in [0.05, 0.1) is 0 Å². The van der Waals surface area contributed by atoms with Gasteiger partial charge in [-0.25, -0.2) is 9.37 Å². The van der Waals surface area contributed by atoms with Crippen molar-refractivity contribution in [1.29, 1.82) is 0 Å². The summed E-state index contributed by atoms with van der Waals surface area (Å²) in [5, 5.41) is 6.74. The van der Waals surface area contributed by atoms with Gasteiger partial charge in [0.1, 0.15) is 11.6 Å². The third kappa shape index (κ3) is 2.54. The van der Waals surface area contributed by atoms with E-state index >= 15 is 0 Å². The molecule has 3 rings (SSSR count). The number of halogens is 1. The Morgan fingerprint density at radius 3 is 2.90 bits per heavy atom. The summed E-state index contributed by atoms with van der Waals surface area (Å²) in [4.78, 5) is 17.8. The SMILES string of the molecule is CN(Cc1ccccc1F)C(=O)c1n[nH]c(C2CC2)n1. The lowest BCUT2D eigenvalue weighted by atomic mass is 10.2. The minimum atomic E-state index is -0.319. The van der Waals surface area contributed by atoms with Gasteiger partial charge in [0, 0.05) is 25.1 Å². The predicted octanol–water partition coefficient (Wildman–Crippen LogP) is 2.09. The number of nitrogens with zero attached hydrogens (tertiary/aromatic N) is 3. The molecule has 1 aromatic carbocycles. The van der Waals surface area contributed by atoms with Crippen molar-refractivity contribution < 1.29 is 9.18 Å². The monoisotopic (exact) mass is 274 g/mol. The molecule has 0 saturated heterocycles. The number of hydrogen-bond donors (Lipinski definition) is 1. The number of aromatic nitrogens is 3. The van der Waals surface area contributed by atoms with Gasteiger partial charge < -0.3 is 4.90 Å². The summed E-state index contributed by atoms with van der Waals surface area (Å²) in [5.41, 5.74) is 0.473. The molecule has 1 saturated carbocycles. The van der Waals surface area contributed by atoms with E-state index in [1.165, 1.54) is 11.0 Å². The van der Waals surface area contributed by atoms with Crippen molar-refractivity contribution >= 4 is 5.91 Å². The van der Waals surface area contributed by atoms with Crippen LogP contribution in [0, 0.1) is 5.82 Å². The normalized spacial score (nSPS) is 14.3. The standard InChI is InChI=1S/C14H15FN4O/c1-19(8-10-4-2-3-5-11(10)15)14(20)13-16-12(17-18-13)9-6-7-9/h2-5,9H,6-8H2,1H3,(H,16,17,18). The van der Waals surface area contributed by atoms with Gasteiger partial charge in [-0.05, 0) is 18.9 Å². The summed E-state index contributed by atoms with van der Waals surface area (Å²) in [5.74, 6) is 0.705. The Morgan fingerprint density at radius 1 is 1.45 bits per heavy atom. The van der Waals surface area contributed by atoms with Crippen LogP contribution in [-0.4, -0.2) is 33.0 Å². The summed E-state index contributed by atoms with van der Waals surface area (Å²) >= 11 is 0. The Balaban J connectivity index is 1.71. The molecule has 20 heavy (non-hydrogen) atoms. The molecule has 6 heteroatoms. The van der Waals surface area contributed by atoms with Crippen LogP contribution in [0.25, 0.3) is 0 Å². The van der Waals surface area contributed by atoms with E-state index in [9.17, 15) is 9.18 Å². The first-order valence-corrected chi connectivity index (χ1v) is 6.56. The third-order valence-electron chi connectivity index (χ3n) is 3.37. The highest BCUT2D eigenvalue weighted by Crippen LogP contribution is 2.37. The molecule has 1 fully saturated rings. The lowest BCUT2D eigenvalue weighted by Gasteiger charge is -2.15. The zero-order chi connectivity index (χ0) is 14.1. The van der Waals surface area contributed by atoms with Gasteiger partial charge in [0.15, 0.2) is 0 Å². The molecule has 1 aliphatic carbocycles. The number of aromatic amines is 1. The number of benzene rings is 1. The van der Waals surface area contributed by atoms with Crippen molar-refractivity contribution in [2.75, 3.05) is 7.05 Å². The maximum Gasteiger partial charge on any atom is 0.293 e. The molecule has 0 bridgehead atoms. The lowest BCUT2D eigenvalue weighted by molar-refractivity contribution is 0.0772. The third-order valence-corrected chi connectivity index (χ3v) is 3.37. The molecule has 1 heterocycles. The topological polar surface area (TPSA) is 61.9 Å². The zero-order valence-electron chi connectivity index (χ0n) is 11.1. The summed E-state index contributed by atoms with van der Waals surface area (Å²) in [7, 11) is 1.61. The summed E-state index contributed by atoms with van der Waals surface area (Å²) in [6.45, 7) is 0.193. The summed E-state index contributed by atoms with van der Waals surface area (Å²) in [6, 6.07) is 6.41. The Hall–Kier alpha value is -2.24. The van der Waals surface area contributed by atoms with E-state index in [2.05, 4.69) is 15.2 Å². The quantitative estimate of drug-likeness (QED) is 0.928. The fraction of sp³-hybridized carbons (Fsp3) is 0.357. The first-order valence-electron chi connectivity index (χ1n) is 6.56. The van der Waals surface area contributed by atoms with Crippen molar-refractivity contribution in [3.05, 3.63) is 47.3 Å². The van der Waals surface area contributed by atoms with Gasteiger partial charge >= 0.3 is 0 Å². The second-order valence-electron chi connectivity index (χ2n) is 5.07. The average molecular weight is 274 g/mol. The molecule has 2 aromatic rings. The molecule has 0 unspecified atom stereocenters. The summed E-state index contributed by atoms with van der Waals surface area (Å²) < 4.78 is 13.6. The van der Waals surface area contributed by atoms with E-state index in [0.29, 0.717) is 11.5 Å². The Kier molecular flexibility index (Phi) is 3.22. The first-order chi connectivity index (χ1) is 9.65. The van der Waals surface area contributed by atoms with E-state index in [0.717, 1.165) is 18.7 Å². The van der Waals surface area contributed by atoms with E-state index in [1.807, 2.05) is 0 Å². The van der Waals surface area contributed by atoms with Gasteiger partial charge in [0.25, 0.3) is 5.91 Å². The Labute approximate surface area is 115 Å². The number of H-pyrrole nitrogens is 1. The number of rotatable bonds is 4. The molecule has 104 valence electrons. The van der Waals surface area contributed by atoms with Crippen LogP contribution in [0.2, 0.25) is 0 Å². The minimum absolute atomic E-state index is 0.144. The van der Waals surface area contributed by atoms with Crippen molar-refractivity contribution in [2.24, 2.45) is 0 Å². The number of nitrogens with one attached hydrogen (secondary N) is 1. The molecule has 5 nitrogen and oxygen atoms in total. The molecular weight excluding hydrogens is 259 g/mol. The second-order valence-corrected chi connectivity index (χ2v) is 5.07. The Morgan fingerprint density at radius 2 is 2.20 bits per heavy atom. The van der Waals surface area contributed by atoms with Crippen LogP contribution >= 0.6 is 0 Å². The molecule has 0 radical (unpaired) electrons. The van der Waals surface area contributed by atoms with Crippen molar-refractivity contribution in [3.8, 4) is 0 Å². The highest BCUT2D eigenvalue weighted by molar-refractivity contribution is 5.90. The number of amides is 1. The van der Waals surface area contributed by atoms with E-state index < -0.39 is 0 Å². The highest BCUT2D eigenvalue weighted by atomic mass is 19.1. The fourth-order valence-electron chi connectivity index (χ4n) is 2.03. The van der Waals surface area contributed by atoms with Crippen molar-refractivity contribution in [1.82, 2.24) is 20.1 Å². The molecular formula is C14H15FN4O. The molecule has 0 aliphatic heterocycles. The molecule has 0 spiro atoms. The Bertz CT molecular complexity index is 636. The van der Waals surface area contributed by atoms with E-state index in [-0.39, 0.29) is 24.1 Å². The van der Waals surface area contributed by atoms with Gasteiger partial charge in [-0.3, -0.25) is 9.89 Å². The van der Waals surface area contributed by atoms with Gasteiger partial charge in [-0.15, -0.1) is 5.10 Å². The number of hydrogen-bond acceptors (Lipinski definition) is 3. The van der Waals surface area contributed by atoms with Gasteiger partial charge in [-0.1, -0.05) is 18.2 Å². The molecule has 0 atom stereocenters. The molecule has 1 N–H and O–H groups in total. The van der Waals surface area contributed by atoms with Crippen LogP contribution in [0.1, 0.15) is 40.8 Å². The largest absolute Gasteiger partial charge is 0.334 e. The maximum absolute atomic E-state index is 13.6. The number of carbonyl (C=O) groups is 1. The zero-order valence-corrected chi connectivity index (χ0v) is 11.1. The summed E-state index contributed by atoms with van der Waals surface area (Å²) in [6.07, 6.45) is 2.18. The smallest absolute Gasteiger partial charge is 0.293 e. The average Bonchev–Trinajstić information content (AvgIpc) is 3.18. The van der Waals surface area contributed by atoms with E-state index in [4.69, 9.17) is 0 Å².